The third-order valence-electron chi connectivity index (χ3n) is 3.30. The van der Waals surface area contributed by atoms with E-state index in [9.17, 15) is 0 Å². The van der Waals surface area contributed by atoms with Gasteiger partial charge in [0.1, 0.15) is 0 Å². The van der Waals surface area contributed by atoms with Gasteiger partial charge in [0.25, 0.3) is 0 Å². The quantitative estimate of drug-likeness (QED) is 0.790. The maximum atomic E-state index is 4.22. The maximum Gasteiger partial charge on any atom is 0.0625 e. The third-order valence-corrected chi connectivity index (χ3v) is 4.35. The van der Waals surface area contributed by atoms with Gasteiger partial charge in [0.15, 0.2) is 0 Å². The second kappa shape index (κ2) is 7.50. The highest BCUT2D eigenvalue weighted by Gasteiger charge is 2.13. The van der Waals surface area contributed by atoms with Crippen molar-refractivity contribution < 1.29 is 0 Å². The van der Waals surface area contributed by atoms with Gasteiger partial charge in [0, 0.05) is 29.9 Å². The summed E-state index contributed by atoms with van der Waals surface area (Å²) >= 11 is 1.86. The molecule has 20 heavy (non-hydrogen) atoms. The summed E-state index contributed by atoms with van der Waals surface area (Å²) in [5.41, 5.74) is 2.75. The van der Waals surface area contributed by atoms with Crippen LogP contribution in [0.15, 0.2) is 41.6 Å². The van der Waals surface area contributed by atoms with Crippen LogP contribution in [0.3, 0.4) is 0 Å². The Hall–Kier alpha value is -1.26. The zero-order valence-corrected chi connectivity index (χ0v) is 13.3. The van der Waals surface area contributed by atoms with Gasteiger partial charge < -0.3 is 5.32 Å². The molecule has 0 radical (unpaired) electrons. The molecular weight excluding hydrogens is 266 g/mol. The first-order valence-corrected chi connectivity index (χ1v) is 8.09. The Bertz CT molecular complexity index is 536. The minimum atomic E-state index is 0.390. The summed E-state index contributed by atoms with van der Waals surface area (Å²) in [6, 6.07) is 9.03. The molecule has 0 spiro atoms. The molecule has 1 aromatic heterocycles. The van der Waals surface area contributed by atoms with E-state index in [1.807, 2.05) is 29.7 Å². The molecule has 0 saturated carbocycles. The Morgan fingerprint density at radius 3 is 2.80 bits per heavy atom. The molecule has 2 rings (SSSR count). The molecule has 0 aliphatic heterocycles. The molecule has 1 atom stereocenters. The molecule has 0 aliphatic rings. The van der Waals surface area contributed by atoms with Crippen LogP contribution in [0.1, 0.15) is 30.5 Å². The van der Waals surface area contributed by atoms with Gasteiger partial charge in [0.05, 0.1) is 6.20 Å². The summed E-state index contributed by atoms with van der Waals surface area (Å²) in [5.74, 6) is 1.02. The lowest BCUT2D eigenvalue weighted by Gasteiger charge is -2.20. The Kier molecular flexibility index (Phi) is 5.68. The van der Waals surface area contributed by atoms with Crippen LogP contribution in [0.4, 0.5) is 0 Å². The predicted octanol–water partition coefficient (Wildman–Crippen LogP) is 3.56. The van der Waals surface area contributed by atoms with Gasteiger partial charge in [0.2, 0.25) is 0 Å². The molecule has 1 aromatic carbocycles. The predicted molar refractivity (Wildman–Crippen MR) is 86.1 cm³/mol. The Morgan fingerprint density at radius 2 is 2.15 bits per heavy atom. The first-order chi connectivity index (χ1) is 9.70. The highest BCUT2D eigenvalue weighted by molar-refractivity contribution is 7.99. The van der Waals surface area contributed by atoms with Crippen LogP contribution in [0.5, 0.6) is 0 Å². The average molecular weight is 289 g/mol. The van der Waals surface area contributed by atoms with Crippen molar-refractivity contribution in [3.05, 3.63) is 47.8 Å². The standard InChI is InChI=1S/C16H23N3S/c1-4-9-17-16(15-8-6-5-7-13(15)2)12-20-14-10-18-19(3)11-14/h5-8,10-11,16-17H,4,9,12H2,1-3H3. The lowest BCUT2D eigenvalue weighted by Crippen LogP contribution is -2.24. The molecule has 3 nitrogen and oxygen atoms in total. The number of hydrogen-bond acceptors (Lipinski definition) is 3. The summed E-state index contributed by atoms with van der Waals surface area (Å²) in [5, 5.41) is 7.88. The van der Waals surface area contributed by atoms with Crippen LogP contribution in [-0.4, -0.2) is 22.1 Å². The minimum absolute atomic E-state index is 0.390. The highest BCUT2D eigenvalue weighted by atomic mass is 32.2. The fourth-order valence-electron chi connectivity index (χ4n) is 2.21. The number of nitrogens with one attached hydrogen (secondary N) is 1. The van der Waals surface area contributed by atoms with Crippen molar-refractivity contribution in [1.82, 2.24) is 15.1 Å². The second-order valence-electron chi connectivity index (χ2n) is 5.02. The van der Waals surface area contributed by atoms with Crippen molar-refractivity contribution in [2.45, 2.75) is 31.2 Å². The summed E-state index contributed by atoms with van der Waals surface area (Å²) in [7, 11) is 1.96. The molecule has 1 heterocycles. The lowest BCUT2D eigenvalue weighted by molar-refractivity contribution is 0.575. The largest absolute Gasteiger partial charge is 0.309 e. The minimum Gasteiger partial charge on any atom is -0.309 e. The Labute approximate surface area is 125 Å². The van der Waals surface area contributed by atoms with E-state index in [2.05, 4.69) is 54.7 Å². The molecular formula is C16H23N3S. The van der Waals surface area contributed by atoms with Crippen LogP contribution in [0.25, 0.3) is 0 Å². The number of aromatic nitrogens is 2. The number of benzene rings is 1. The topological polar surface area (TPSA) is 29.9 Å². The van der Waals surface area contributed by atoms with Crippen molar-refractivity contribution in [3.8, 4) is 0 Å². The van der Waals surface area contributed by atoms with Crippen LogP contribution in [0, 0.1) is 6.92 Å². The van der Waals surface area contributed by atoms with Gasteiger partial charge in [-0.3, -0.25) is 4.68 Å². The summed E-state index contributed by atoms with van der Waals surface area (Å²) in [6.07, 6.45) is 5.15. The number of hydrogen-bond donors (Lipinski definition) is 1. The number of nitrogens with zero attached hydrogens (tertiary/aromatic N) is 2. The molecule has 0 saturated heterocycles. The monoisotopic (exact) mass is 289 g/mol. The maximum absolute atomic E-state index is 4.22. The van der Waals surface area contributed by atoms with Crippen molar-refractivity contribution in [3.63, 3.8) is 0 Å². The smallest absolute Gasteiger partial charge is 0.0625 e. The molecule has 108 valence electrons. The number of aryl methyl sites for hydroxylation is 2. The molecule has 0 aliphatic carbocycles. The van der Waals surface area contributed by atoms with Crippen molar-refractivity contribution >= 4 is 11.8 Å². The van der Waals surface area contributed by atoms with E-state index in [0.717, 1.165) is 18.7 Å². The number of rotatable bonds is 7. The summed E-state index contributed by atoms with van der Waals surface area (Å²) in [6.45, 7) is 5.44. The first kappa shape index (κ1) is 15.1. The van der Waals surface area contributed by atoms with E-state index in [1.165, 1.54) is 16.0 Å². The van der Waals surface area contributed by atoms with E-state index < -0.39 is 0 Å². The van der Waals surface area contributed by atoms with Gasteiger partial charge in [-0.2, -0.15) is 5.10 Å². The summed E-state index contributed by atoms with van der Waals surface area (Å²) in [4.78, 5) is 1.23. The van der Waals surface area contributed by atoms with Crippen molar-refractivity contribution in [2.24, 2.45) is 7.05 Å². The van der Waals surface area contributed by atoms with Gasteiger partial charge in [-0.05, 0) is 31.0 Å². The van der Waals surface area contributed by atoms with Gasteiger partial charge >= 0.3 is 0 Å². The average Bonchev–Trinajstić information content (AvgIpc) is 2.86. The zero-order valence-electron chi connectivity index (χ0n) is 12.5. The lowest BCUT2D eigenvalue weighted by atomic mass is 10.0. The molecule has 0 fully saturated rings. The van der Waals surface area contributed by atoms with Crippen LogP contribution < -0.4 is 5.32 Å². The van der Waals surface area contributed by atoms with Crippen LogP contribution in [-0.2, 0) is 7.05 Å². The molecule has 2 aromatic rings. The molecule has 0 bridgehead atoms. The van der Waals surface area contributed by atoms with E-state index in [1.54, 1.807) is 0 Å². The van der Waals surface area contributed by atoms with E-state index >= 15 is 0 Å². The van der Waals surface area contributed by atoms with E-state index in [0.29, 0.717) is 6.04 Å². The molecule has 1 unspecified atom stereocenters. The Balaban J connectivity index is 2.05. The SMILES string of the molecule is CCCNC(CSc1cnn(C)c1)c1ccccc1C. The van der Waals surface area contributed by atoms with Crippen molar-refractivity contribution in [1.29, 1.82) is 0 Å². The highest BCUT2D eigenvalue weighted by Crippen LogP contribution is 2.26. The summed E-state index contributed by atoms with van der Waals surface area (Å²) < 4.78 is 1.85. The molecule has 0 amide bonds. The third kappa shape index (κ3) is 4.12. The fraction of sp³-hybridized carbons (Fsp3) is 0.438. The van der Waals surface area contributed by atoms with Crippen LogP contribution in [0.2, 0.25) is 0 Å². The molecule has 1 N–H and O–H groups in total. The first-order valence-electron chi connectivity index (χ1n) is 7.11. The molecule has 4 heteroatoms. The van der Waals surface area contributed by atoms with E-state index in [4.69, 9.17) is 0 Å². The second-order valence-corrected chi connectivity index (χ2v) is 6.12. The fourth-order valence-corrected chi connectivity index (χ4v) is 3.21. The number of thioether (sulfide) groups is 1. The Morgan fingerprint density at radius 1 is 1.35 bits per heavy atom. The van der Waals surface area contributed by atoms with Crippen LogP contribution >= 0.6 is 11.8 Å². The van der Waals surface area contributed by atoms with Gasteiger partial charge in [-0.15, -0.1) is 11.8 Å². The van der Waals surface area contributed by atoms with Gasteiger partial charge in [-0.1, -0.05) is 31.2 Å². The normalized spacial score (nSPS) is 12.6. The zero-order chi connectivity index (χ0) is 14.4. The van der Waals surface area contributed by atoms with Gasteiger partial charge in [-0.25, -0.2) is 0 Å². The van der Waals surface area contributed by atoms with E-state index in [-0.39, 0.29) is 0 Å². The van der Waals surface area contributed by atoms with Crippen molar-refractivity contribution in [2.75, 3.05) is 12.3 Å².